The highest BCUT2D eigenvalue weighted by Crippen LogP contribution is 2.24. The number of thiophene rings is 1. The molecule has 0 aromatic carbocycles. The van der Waals surface area contributed by atoms with Crippen molar-refractivity contribution in [2.24, 2.45) is 11.7 Å². The fourth-order valence-corrected chi connectivity index (χ4v) is 4.63. The highest BCUT2D eigenvalue weighted by atomic mass is 32.1. The summed E-state index contributed by atoms with van der Waals surface area (Å²) in [5, 5.41) is 0. The quantitative estimate of drug-likeness (QED) is 0.908. The fraction of sp³-hybridized carbons (Fsp3) is 0.667. The van der Waals surface area contributed by atoms with E-state index in [9.17, 15) is 9.59 Å². The van der Waals surface area contributed by atoms with Crippen molar-refractivity contribution < 1.29 is 9.59 Å². The molecule has 1 aromatic rings. The second-order valence-electron chi connectivity index (χ2n) is 6.93. The number of rotatable bonds is 4. The molecule has 6 heteroatoms. The van der Waals surface area contributed by atoms with Gasteiger partial charge in [-0.2, -0.15) is 0 Å². The zero-order valence-electron chi connectivity index (χ0n) is 14.2. The maximum Gasteiger partial charge on any atom is 0.263 e. The summed E-state index contributed by atoms with van der Waals surface area (Å²) in [4.78, 5) is 30.3. The van der Waals surface area contributed by atoms with E-state index in [1.165, 1.54) is 43.6 Å². The van der Waals surface area contributed by atoms with Crippen LogP contribution < -0.4 is 5.73 Å². The van der Waals surface area contributed by atoms with E-state index in [2.05, 4.69) is 11.0 Å². The van der Waals surface area contributed by atoms with Gasteiger partial charge in [-0.25, -0.2) is 0 Å². The molecule has 2 aliphatic rings. The van der Waals surface area contributed by atoms with E-state index < -0.39 is 0 Å². The lowest BCUT2D eigenvalue weighted by Crippen LogP contribution is -2.41. The van der Waals surface area contributed by atoms with Gasteiger partial charge in [0.2, 0.25) is 5.91 Å². The summed E-state index contributed by atoms with van der Waals surface area (Å²) in [5.41, 5.74) is 5.36. The summed E-state index contributed by atoms with van der Waals surface area (Å²) in [6.07, 6.45) is 6.62. The molecule has 0 atom stereocenters. The Hall–Kier alpha value is -1.40. The van der Waals surface area contributed by atoms with Crippen molar-refractivity contribution in [1.29, 1.82) is 0 Å². The number of likely N-dealkylation sites (tertiary alicyclic amines) is 2. The largest absolute Gasteiger partial charge is 0.369 e. The third-order valence-corrected chi connectivity index (χ3v) is 6.19. The van der Waals surface area contributed by atoms with Crippen molar-refractivity contribution in [2.75, 3.05) is 26.2 Å². The zero-order chi connectivity index (χ0) is 16.9. The average molecular weight is 350 g/mol. The number of carbonyl (C=O) groups excluding carboxylic acids is 2. The Labute approximate surface area is 147 Å². The molecule has 0 unspecified atom stereocenters. The summed E-state index contributed by atoms with van der Waals surface area (Å²) in [6, 6.07) is 4.05. The van der Waals surface area contributed by atoms with Crippen LogP contribution in [0.15, 0.2) is 12.1 Å². The Bertz CT molecular complexity index is 571. The van der Waals surface area contributed by atoms with Crippen LogP contribution in [0.25, 0.3) is 0 Å². The number of hydrogen-bond donors (Lipinski definition) is 1. The van der Waals surface area contributed by atoms with Gasteiger partial charge < -0.3 is 10.6 Å². The standard InChI is InChI=1S/C18H27N3O2S/c19-17(22)14-7-11-21(12-8-14)18(23)16-6-5-15(24-16)13-20-9-3-1-2-4-10-20/h5-6,14H,1-4,7-13H2,(H2,19,22). The molecule has 2 N–H and O–H groups in total. The molecule has 2 aliphatic heterocycles. The minimum absolute atomic E-state index is 0.0732. The molecule has 132 valence electrons. The van der Waals surface area contributed by atoms with Gasteiger partial charge in [-0.15, -0.1) is 11.3 Å². The summed E-state index contributed by atoms with van der Waals surface area (Å²) in [6.45, 7) is 4.56. The maximum atomic E-state index is 12.6. The van der Waals surface area contributed by atoms with Gasteiger partial charge in [0.25, 0.3) is 5.91 Å². The predicted octanol–water partition coefficient (Wildman–Crippen LogP) is 2.46. The number of amides is 2. The van der Waals surface area contributed by atoms with Gasteiger partial charge in [0.05, 0.1) is 4.88 Å². The van der Waals surface area contributed by atoms with Crippen LogP contribution in [-0.4, -0.2) is 47.8 Å². The topological polar surface area (TPSA) is 66.6 Å². The van der Waals surface area contributed by atoms with Gasteiger partial charge in [-0.1, -0.05) is 12.8 Å². The van der Waals surface area contributed by atoms with Crippen LogP contribution in [0.1, 0.15) is 53.1 Å². The number of primary amides is 1. The minimum atomic E-state index is -0.238. The SMILES string of the molecule is NC(=O)C1CCN(C(=O)c2ccc(CN3CCCCCC3)s2)CC1. The lowest BCUT2D eigenvalue weighted by Gasteiger charge is -2.30. The summed E-state index contributed by atoms with van der Waals surface area (Å²) >= 11 is 1.62. The molecule has 3 heterocycles. The van der Waals surface area contributed by atoms with E-state index in [0.29, 0.717) is 25.9 Å². The van der Waals surface area contributed by atoms with Crippen molar-refractivity contribution in [2.45, 2.75) is 45.1 Å². The first-order valence-electron chi connectivity index (χ1n) is 9.03. The third kappa shape index (κ3) is 4.36. The van der Waals surface area contributed by atoms with Gasteiger partial charge in [-0.05, 0) is 50.9 Å². The van der Waals surface area contributed by atoms with Crippen molar-refractivity contribution in [3.8, 4) is 0 Å². The lowest BCUT2D eigenvalue weighted by atomic mass is 9.96. The van der Waals surface area contributed by atoms with Crippen molar-refractivity contribution in [3.63, 3.8) is 0 Å². The highest BCUT2D eigenvalue weighted by Gasteiger charge is 2.27. The third-order valence-electron chi connectivity index (χ3n) is 5.14. The van der Waals surface area contributed by atoms with E-state index in [1.54, 1.807) is 11.3 Å². The molecule has 0 radical (unpaired) electrons. The van der Waals surface area contributed by atoms with Gasteiger partial charge in [0, 0.05) is 30.4 Å². The lowest BCUT2D eigenvalue weighted by molar-refractivity contribution is -0.123. The van der Waals surface area contributed by atoms with Gasteiger partial charge in [-0.3, -0.25) is 14.5 Å². The highest BCUT2D eigenvalue weighted by molar-refractivity contribution is 7.14. The molecule has 3 rings (SSSR count). The Balaban J connectivity index is 1.55. The number of piperidine rings is 1. The molecule has 0 aliphatic carbocycles. The molecule has 0 bridgehead atoms. The predicted molar refractivity (Wildman–Crippen MR) is 95.9 cm³/mol. The zero-order valence-corrected chi connectivity index (χ0v) is 15.0. The Morgan fingerprint density at radius 3 is 2.33 bits per heavy atom. The molecule has 1 aromatic heterocycles. The first-order chi connectivity index (χ1) is 11.6. The van der Waals surface area contributed by atoms with E-state index in [0.717, 1.165) is 11.4 Å². The van der Waals surface area contributed by atoms with Crippen LogP contribution in [-0.2, 0) is 11.3 Å². The van der Waals surface area contributed by atoms with Crippen molar-refractivity contribution in [3.05, 3.63) is 21.9 Å². The molecule has 24 heavy (non-hydrogen) atoms. The van der Waals surface area contributed by atoms with Crippen LogP contribution in [0.4, 0.5) is 0 Å². The molecule has 0 spiro atoms. The summed E-state index contributed by atoms with van der Waals surface area (Å²) in [5.74, 6) is -0.209. The van der Waals surface area contributed by atoms with Crippen LogP contribution >= 0.6 is 11.3 Å². The second kappa shape index (κ2) is 8.12. The molecular formula is C18H27N3O2S. The number of carbonyl (C=O) groups is 2. The van der Waals surface area contributed by atoms with Crippen LogP contribution in [0, 0.1) is 5.92 Å². The van der Waals surface area contributed by atoms with Gasteiger partial charge in [0.15, 0.2) is 0 Å². The Morgan fingerprint density at radius 2 is 1.71 bits per heavy atom. The fourth-order valence-electron chi connectivity index (χ4n) is 3.62. The molecule has 0 saturated carbocycles. The van der Waals surface area contributed by atoms with E-state index in [1.807, 2.05) is 11.0 Å². The average Bonchev–Trinajstić information content (AvgIpc) is 2.90. The monoisotopic (exact) mass is 349 g/mol. The molecule has 2 amide bonds. The smallest absolute Gasteiger partial charge is 0.263 e. The Kier molecular flexibility index (Phi) is 5.89. The van der Waals surface area contributed by atoms with Crippen LogP contribution in [0.5, 0.6) is 0 Å². The summed E-state index contributed by atoms with van der Waals surface area (Å²) < 4.78 is 0. The van der Waals surface area contributed by atoms with Gasteiger partial charge in [0.1, 0.15) is 0 Å². The van der Waals surface area contributed by atoms with Gasteiger partial charge >= 0.3 is 0 Å². The van der Waals surface area contributed by atoms with Crippen molar-refractivity contribution in [1.82, 2.24) is 9.80 Å². The first kappa shape index (κ1) is 17.4. The van der Waals surface area contributed by atoms with E-state index >= 15 is 0 Å². The maximum absolute atomic E-state index is 12.6. The minimum Gasteiger partial charge on any atom is -0.369 e. The summed E-state index contributed by atoms with van der Waals surface area (Å²) in [7, 11) is 0. The first-order valence-corrected chi connectivity index (χ1v) is 9.85. The molecule has 2 fully saturated rings. The number of nitrogens with two attached hydrogens (primary N) is 1. The second-order valence-corrected chi connectivity index (χ2v) is 8.09. The normalized spacial score (nSPS) is 20.8. The Morgan fingerprint density at radius 1 is 1.04 bits per heavy atom. The molecule has 5 nitrogen and oxygen atoms in total. The van der Waals surface area contributed by atoms with Crippen molar-refractivity contribution >= 4 is 23.2 Å². The number of nitrogens with zero attached hydrogens (tertiary/aromatic N) is 2. The van der Waals surface area contributed by atoms with Crippen LogP contribution in [0.3, 0.4) is 0 Å². The molecular weight excluding hydrogens is 322 g/mol. The van der Waals surface area contributed by atoms with E-state index in [4.69, 9.17) is 5.73 Å². The molecule has 2 saturated heterocycles. The van der Waals surface area contributed by atoms with E-state index in [-0.39, 0.29) is 17.7 Å². The number of hydrogen-bond acceptors (Lipinski definition) is 4. The van der Waals surface area contributed by atoms with Crippen LogP contribution in [0.2, 0.25) is 0 Å².